The van der Waals surface area contributed by atoms with Gasteiger partial charge in [-0.2, -0.15) is 0 Å². The Hall–Kier alpha value is -2.46. The lowest BCUT2D eigenvalue weighted by Crippen LogP contribution is -2.39. The summed E-state index contributed by atoms with van der Waals surface area (Å²) in [6.07, 6.45) is 4.10. The molecule has 0 aliphatic rings. The fourth-order valence-electron chi connectivity index (χ4n) is 2.01. The number of amides is 1. The number of benzene rings is 2. The van der Waals surface area contributed by atoms with Gasteiger partial charge in [0.1, 0.15) is 0 Å². The predicted molar refractivity (Wildman–Crippen MR) is 99.1 cm³/mol. The molecular weight excluding hydrogens is 304 g/mol. The fraction of sp³-hybridized carbons (Fsp3) is 0.158. The largest absolute Gasteiger partial charge is 0.362 e. The second-order valence-electron chi connectivity index (χ2n) is 5.22. The number of thiocarbonyl (C=S) groups is 1. The minimum Gasteiger partial charge on any atom is -0.362 e. The van der Waals surface area contributed by atoms with Crippen molar-refractivity contribution >= 4 is 29.3 Å². The minimum atomic E-state index is -0.234. The third kappa shape index (κ3) is 6.45. The predicted octanol–water partition coefficient (Wildman–Crippen LogP) is 3.24. The Balaban J connectivity index is 1.72. The van der Waals surface area contributed by atoms with Crippen molar-refractivity contribution in [1.29, 1.82) is 0 Å². The van der Waals surface area contributed by atoms with Crippen LogP contribution in [0.25, 0.3) is 6.08 Å². The van der Waals surface area contributed by atoms with Crippen LogP contribution in [0.3, 0.4) is 0 Å². The van der Waals surface area contributed by atoms with Crippen LogP contribution in [0, 0.1) is 6.92 Å². The maximum Gasteiger partial charge on any atom is 0.250 e. The number of carbonyl (C=O) groups is 1. The van der Waals surface area contributed by atoms with Gasteiger partial charge in [-0.05, 0) is 42.8 Å². The maximum atomic E-state index is 11.8. The fourth-order valence-corrected chi connectivity index (χ4v) is 2.21. The lowest BCUT2D eigenvalue weighted by atomic mass is 10.1. The highest BCUT2D eigenvalue weighted by molar-refractivity contribution is 7.80. The van der Waals surface area contributed by atoms with Crippen molar-refractivity contribution in [3.8, 4) is 0 Å². The first kappa shape index (κ1) is 16.9. The van der Waals surface area contributed by atoms with Crippen LogP contribution in [0.4, 0.5) is 0 Å². The molecule has 0 aliphatic carbocycles. The molecule has 118 valence electrons. The molecule has 23 heavy (non-hydrogen) atoms. The van der Waals surface area contributed by atoms with E-state index in [2.05, 4.69) is 22.8 Å². The molecule has 0 spiro atoms. The van der Waals surface area contributed by atoms with Gasteiger partial charge in [0.15, 0.2) is 5.11 Å². The van der Waals surface area contributed by atoms with Gasteiger partial charge in [-0.25, -0.2) is 0 Å². The summed E-state index contributed by atoms with van der Waals surface area (Å²) in [5.41, 5.74) is 3.40. The van der Waals surface area contributed by atoms with Crippen LogP contribution in [0.15, 0.2) is 60.7 Å². The summed E-state index contributed by atoms with van der Waals surface area (Å²) in [5, 5.41) is 6.02. The molecule has 3 nitrogen and oxygen atoms in total. The Kier molecular flexibility index (Phi) is 6.51. The summed E-state index contributed by atoms with van der Waals surface area (Å²) in [6, 6.07) is 18.1. The van der Waals surface area contributed by atoms with Gasteiger partial charge in [-0.3, -0.25) is 10.1 Å². The number of hydrogen-bond donors (Lipinski definition) is 2. The molecule has 2 aromatic carbocycles. The van der Waals surface area contributed by atoms with E-state index in [0.29, 0.717) is 11.7 Å². The Morgan fingerprint density at radius 2 is 1.78 bits per heavy atom. The van der Waals surface area contributed by atoms with E-state index in [1.165, 1.54) is 17.2 Å². The molecule has 0 saturated heterocycles. The van der Waals surface area contributed by atoms with Crippen LogP contribution >= 0.6 is 12.2 Å². The second kappa shape index (κ2) is 8.86. The molecule has 0 fully saturated rings. The molecule has 0 bridgehead atoms. The minimum absolute atomic E-state index is 0.234. The monoisotopic (exact) mass is 324 g/mol. The van der Waals surface area contributed by atoms with Crippen molar-refractivity contribution in [3.63, 3.8) is 0 Å². The molecule has 0 saturated carbocycles. The molecule has 0 radical (unpaired) electrons. The van der Waals surface area contributed by atoms with Gasteiger partial charge in [0, 0.05) is 12.6 Å². The van der Waals surface area contributed by atoms with Gasteiger partial charge < -0.3 is 5.32 Å². The number of carbonyl (C=O) groups excluding carboxylic acids is 1. The topological polar surface area (TPSA) is 41.1 Å². The Labute approximate surface area is 142 Å². The zero-order valence-corrected chi connectivity index (χ0v) is 13.9. The Morgan fingerprint density at radius 1 is 1.09 bits per heavy atom. The molecule has 2 N–H and O–H groups in total. The number of nitrogens with one attached hydrogen (secondary N) is 2. The smallest absolute Gasteiger partial charge is 0.250 e. The first-order valence-corrected chi connectivity index (χ1v) is 7.92. The summed E-state index contributed by atoms with van der Waals surface area (Å²) in [5.74, 6) is -0.234. The number of hydrogen-bond acceptors (Lipinski definition) is 2. The van der Waals surface area contributed by atoms with E-state index >= 15 is 0 Å². The van der Waals surface area contributed by atoms with Gasteiger partial charge in [0.25, 0.3) is 0 Å². The van der Waals surface area contributed by atoms with Crippen molar-refractivity contribution in [2.45, 2.75) is 13.3 Å². The highest BCUT2D eigenvalue weighted by atomic mass is 32.1. The van der Waals surface area contributed by atoms with Crippen molar-refractivity contribution in [1.82, 2.24) is 10.6 Å². The summed E-state index contributed by atoms with van der Waals surface area (Å²) in [7, 11) is 0. The third-order valence-corrected chi connectivity index (χ3v) is 3.53. The van der Waals surface area contributed by atoms with Crippen LogP contribution in [0.2, 0.25) is 0 Å². The summed E-state index contributed by atoms with van der Waals surface area (Å²) in [6.45, 7) is 2.71. The molecule has 2 aromatic rings. The second-order valence-corrected chi connectivity index (χ2v) is 5.63. The van der Waals surface area contributed by atoms with E-state index in [0.717, 1.165) is 12.0 Å². The molecule has 0 heterocycles. The molecule has 0 aromatic heterocycles. The zero-order chi connectivity index (χ0) is 16.5. The number of aryl methyl sites for hydroxylation is 1. The molecular formula is C19H20N2OS. The van der Waals surface area contributed by atoms with Gasteiger partial charge in [-0.1, -0.05) is 60.2 Å². The molecule has 0 aliphatic heterocycles. The van der Waals surface area contributed by atoms with E-state index in [4.69, 9.17) is 12.2 Å². The number of rotatable bonds is 5. The summed E-state index contributed by atoms with van der Waals surface area (Å²) >= 11 is 5.12. The van der Waals surface area contributed by atoms with E-state index in [9.17, 15) is 4.79 Å². The molecule has 1 amide bonds. The van der Waals surface area contributed by atoms with E-state index < -0.39 is 0 Å². The van der Waals surface area contributed by atoms with Crippen LogP contribution in [-0.2, 0) is 11.2 Å². The SMILES string of the molecule is Cc1ccc(C=CC(=O)NC(=S)NCCc2ccccc2)cc1. The first-order valence-electron chi connectivity index (χ1n) is 7.51. The molecule has 4 heteroatoms. The lowest BCUT2D eigenvalue weighted by Gasteiger charge is -2.08. The summed E-state index contributed by atoms with van der Waals surface area (Å²) < 4.78 is 0. The van der Waals surface area contributed by atoms with Gasteiger partial charge in [0.2, 0.25) is 5.91 Å². The average molecular weight is 324 g/mol. The van der Waals surface area contributed by atoms with E-state index in [1.807, 2.05) is 49.4 Å². The lowest BCUT2D eigenvalue weighted by molar-refractivity contribution is -0.115. The first-order chi connectivity index (χ1) is 11.1. The average Bonchev–Trinajstić information content (AvgIpc) is 2.55. The van der Waals surface area contributed by atoms with Gasteiger partial charge in [-0.15, -0.1) is 0 Å². The van der Waals surface area contributed by atoms with E-state index in [-0.39, 0.29) is 5.91 Å². The van der Waals surface area contributed by atoms with Crippen molar-refractivity contribution in [3.05, 3.63) is 77.4 Å². The van der Waals surface area contributed by atoms with Crippen molar-refractivity contribution < 1.29 is 4.79 Å². The van der Waals surface area contributed by atoms with E-state index in [1.54, 1.807) is 6.08 Å². The Morgan fingerprint density at radius 3 is 2.48 bits per heavy atom. The zero-order valence-electron chi connectivity index (χ0n) is 13.1. The Bertz CT molecular complexity index is 678. The van der Waals surface area contributed by atoms with Crippen LogP contribution in [-0.4, -0.2) is 17.6 Å². The van der Waals surface area contributed by atoms with Crippen molar-refractivity contribution in [2.75, 3.05) is 6.54 Å². The molecule has 0 unspecified atom stereocenters. The summed E-state index contributed by atoms with van der Waals surface area (Å²) in [4.78, 5) is 11.8. The molecule has 0 atom stereocenters. The van der Waals surface area contributed by atoms with Crippen LogP contribution in [0.1, 0.15) is 16.7 Å². The van der Waals surface area contributed by atoms with Gasteiger partial charge in [0.05, 0.1) is 0 Å². The quantitative estimate of drug-likeness (QED) is 0.655. The standard InChI is InChI=1S/C19H20N2OS/c1-15-7-9-17(10-8-15)11-12-18(22)21-19(23)20-14-13-16-5-3-2-4-6-16/h2-12H,13-14H2,1H3,(H2,20,21,22,23). The highest BCUT2D eigenvalue weighted by Gasteiger charge is 2.00. The van der Waals surface area contributed by atoms with Crippen molar-refractivity contribution in [2.24, 2.45) is 0 Å². The molecule has 2 rings (SSSR count). The normalized spacial score (nSPS) is 10.5. The third-order valence-electron chi connectivity index (χ3n) is 3.28. The van der Waals surface area contributed by atoms with Gasteiger partial charge >= 0.3 is 0 Å². The highest BCUT2D eigenvalue weighted by Crippen LogP contribution is 2.04. The van der Waals surface area contributed by atoms with Crippen LogP contribution in [0.5, 0.6) is 0 Å². The van der Waals surface area contributed by atoms with Crippen LogP contribution < -0.4 is 10.6 Å². The maximum absolute atomic E-state index is 11.8.